The van der Waals surface area contributed by atoms with Gasteiger partial charge in [0.1, 0.15) is 0 Å². The molecule has 170 valence electrons. The van der Waals surface area contributed by atoms with E-state index < -0.39 is 36.4 Å². The van der Waals surface area contributed by atoms with Gasteiger partial charge in [-0.05, 0) is 37.9 Å². The minimum atomic E-state index is -2.74. The van der Waals surface area contributed by atoms with Gasteiger partial charge in [0.2, 0.25) is 0 Å². The fourth-order valence-corrected chi connectivity index (χ4v) is 3.23. The molecule has 0 saturated carbocycles. The summed E-state index contributed by atoms with van der Waals surface area (Å²) >= 11 is 0. The number of carboxylic acid groups (broad SMARTS) is 3. The van der Waals surface area contributed by atoms with Crippen LogP contribution < -0.4 is 0 Å². The molecule has 9 heteroatoms. The van der Waals surface area contributed by atoms with Gasteiger partial charge in [-0.1, -0.05) is 36.4 Å². The highest BCUT2D eigenvalue weighted by molar-refractivity contribution is 5.88. The minimum Gasteiger partial charge on any atom is -0.481 e. The van der Waals surface area contributed by atoms with Crippen molar-refractivity contribution in [1.82, 2.24) is 9.47 Å². The van der Waals surface area contributed by atoms with E-state index in [1.54, 1.807) is 0 Å². The molecule has 0 aliphatic heterocycles. The first-order valence-corrected chi connectivity index (χ1v) is 9.72. The normalized spacial score (nSPS) is 11.1. The molecule has 3 rings (SSSR count). The van der Waals surface area contributed by atoms with Crippen molar-refractivity contribution in [2.75, 3.05) is 14.1 Å². The zero-order chi connectivity index (χ0) is 23.9. The highest BCUT2D eigenvalue weighted by Gasteiger charge is 2.40. The van der Waals surface area contributed by atoms with E-state index in [-0.39, 0.29) is 0 Å². The first kappa shape index (κ1) is 24.6. The van der Waals surface area contributed by atoms with Crippen LogP contribution in [0.4, 0.5) is 0 Å². The summed E-state index contributed by atoms with van der Waals surface area (Å²) < 4.78 is 2.27. The molecule has 9 nitrogen and oxygen atoms in total. The maximum absolute atomic E-state index is 10.3. The van der Waals surface area contributed by atoms with Crippen LogP contribution in [0.3, 0.4) is 0 Å². The second-order valence-electron chi connectivity index (χ2n) is 7.59. The number of hydrogen-bond donors (Lipinski definition) is 4. The lowest BCUT2D eigenvalue weighted by molar-refractivity contribution is -0.170. The van der Waals surface area contributed by atoms with Crippen molar-refractivity contribution in [3.8, 4) is 5.69 Å². The largest absolute Gasteiger partial charge is 0.481 e. The van der Waals surface area contributed by atoms with Crippen molar-refractivity contribution in [3.63, 3.8) is 0 Å². The lowest BCUT2D eigenvalue weighted by Gasteiger charge is -2.18. The molecule has 1 heterocycles. The Hall–Kier alpha value is -3.69. The average molecular weight is 442 g/mol. The van der Waals surface area contributed by atoms with E-state index in [2.05, 4.69) is 84.4 Å². The molecule has 32 heavy (non-hydrogen) atoms. The number of aromatic nitrogens is 1. The van der Waals surface area contributed by atoms with Crippen LogP contribution in [0.5, 0.6) is 0 Å². The Bertz CT molecular complexity index is 1070. The topological polar surface area (TPSA) is 140 Å². The molecule has 0 fully saturated rings. The third-order valence-electron chi connectivity index (χ3n) is 4.60. The van der Waals surface area contributed by atoms with E-state index in [4.69, 9.17) is 20.4 Å². The van der Waals surface area contributed by atoms with E-state index in [1.807, 2.05) is 0 Å². The summed E-state index contributed by atoms with van der Waals surface area (Å²) in [6.45, 7) is 0.959. The van der Waals surface area contributed by atoms with Crippen LogP contribution in [0.1, 0.15) is 18.4 Å². The molecular formula is C23H26N2O7. The van der Waals surface area contributed by atoms with E-state index in [9.17, 15) is 14.4 Å². The third-order valence-corrected chi connectivity index (χ3v) is 4.60. The van der Waals surface area contributed by atoms with Crippen LogP contribution in [-0.2, 0) is 20.9 Å². The van der Waals surface area contributed by atoms with Gasteiger partial charge >= 0.3 is 17.9 Å². The van der Waals surface area contributed by atoms with Crippen molar-refractivity contribution in [2.45, 2.75) is 25.0 Å². The fourth-order valence-electron chi connectivity index (χ4n) is 3.23. The van der Waals surface area contributed by atoms with Gasteiger partial charge in [0.25, 0.3) is 0 Å². The second-order valence-corrected chi connectivity index (χ2v) is 7.59. The number of benzene rings is 2. The zero-order valence-electron chi connectivity index (χ0n) is 17.8. The molecule has 0 atom stereocenters. The Balaban J connectivity index is 0.000000247. The van der Waals surface area contributed by atoms with Crippen molar-refractivity contribution in [3.05, 3.63) is 66.4 Å². The van der Waals surface area contributed by atoms with Crippen LogP contribution in [0, 0.1) is 0 Å². The SMILES string of the molecule is CN(C)Cc1cn(-c2ccccc2)c2ccccc12.O=C(O)CC(O)(CC(=O)O)C(=O)O. The number of carbonyl (C=O) groups is 3. The average Bonchev–Trinajstić information content (AvgIpc) is 3.06. The summed E-state index contributed by atoms with van der Waals surface area (Å²) in [7, 11) is 4.21. The number of aliphatic hydroxyl groups is 1. The van der Waals surface area contributed by atoms with Crippen LogP contribution in [0.2, 0.25) is 0 Å². The molecule has 4 N–H and O–H groups in total. The van der Waals surface area contributed by atoms with Gasteiger partial charge in [-0.3, -0.25) is 9.59 Å². The van der Waals surface area contributed by atoms with Crippen molar-refractivity contribution in [2.24, 2.45) is 0 Å². The van der Waals surface area contributed by atoms with Crippen LogP contribution in [0.25, 0.3) is 16.6 Å². The molecule has 0 aliphatic rings. The predicted octanol–water partition coefficient (Wildman–Crippen LogP) is 2.44. The van der Waals surface area contributed by atoms with Gasteiger partial charge in [-0.25, -0.2) is 4.79 Å². The van der Waals surface area contributed by atoms with Crippen LogP contribution in [-0.4, -0.2) is 67.5 Å². The van der Waals surface area contributed by atoms with Gasteiger partial charge in [0.05, 0.1) is 18.4 Å². The highest BCUT2D eigenvalue weighted by Crippen LogP contribution is 2.25. The predicted molar refractivity (Wildman–Crippen MR) is 118 cm³/mol. The number of fused-ring (bicyclic) bond motifs is 1. The number of rotatable bonds is 8. The van der Waals surface area contributed by atoms with Gasteiger partial charge in [-0.15, -0.1) is 0 Å². The molecule has 0 unspecified atom stereocenters. The first-order valence-electron chi connectivity index (χ1n) is 9.72. The maximum atomic E-state index is 10.3. The molecular weight excluding hydrogens is 416 g/mol. The van der Waals surface area contributed by atoms with Crippen LogP contribution >= 0.6 is 0 Å². The number of carboxylic acids is 3. The monoisotopic (exact) mass is 442 g/mol. The van der Waals surface area contributed by atoms with Gasteiger partial charge in [0, 0.05) is 23.8 Å². The lowest BCUT2D eigenvalue weighted by atomic mass is 9.96. The summed E-state index contributed by atoms with van der Waals surface area (Å²) in [5.41, 5.74) is 1.11. The maximum Gasteiger partial charge on any atom is 0.336 e. The lowest BCUT2D eigenvalue weighted by Crippen LogP contribution is -2.42. The van der Waals surface area contributed by atoms with Gasteiger partial charge in [0.15, 0.2) is 5.60 Å². The Kier molecular flexibility index (Phi) is 8.11. The molecule has 0 spiro atoms. The highest BCUT2D eigenvalue weighted by atomic mass is 16.4. The van der Waals surface area contributed by atoms with Gasteiger partial charge in [-0.2, -0.15) is 0 Å². The molecule has 0 amide bonds. The van der Waals surface area contributed by atoms with Gasteiger partial charge < -0.3 is 29.9 Å². The third kappa shape index (κ3) is 6.40. The summed E-state index contributed by atoms with van der Waals surface area (Å²) in [4.78, 5) is 32.7. The minimum absolute atomic E-state index is 0.959. The molecule has 0 saturated heterocycles. The zero-order valence-corrected chi connectivity index (χ0v) is 17.8. The number of aliphatic carboxylic acids is 3. The number of nitrogens with zero attached hydrogens (tertiary/aromatic N) is 2. The Morgan fingerprint density at radius 2 is 1.41 bits per heavy atom. The van der Waals surface area contributed by atoms with Crippen molar-refractivity contribution >= 4 is 28.8 Å². The fraction of sp³-hybridized carbons (Fsp3) is 0.261. The standard InChI is InChI=1S/C17H18N2.C6H8O7/c1-18(2)12-14-13-19(15-8-4-3-5-9-15)17-11-7-6-10-16(14)17;7-3(8)1-6(13,5(11)12)2-4(9)10/h3-11,13H,12H2,1-2H3;13H,1-2H2,(H,7,8)(H,9,10)(H,11,12). The van der Waals surface area contributed by atoms with Crippen LogP contribution in [0.15, 0.2) is 60.8 Å². The number of para-hydroxylation sites is 2. The summed E-state index contributed by atoms with van der Waals surface area (Å²) in [6.07, 6.45) is -0.0384. The summed E-state index contributed by atoms with van der Waals surface area (Å²) in [5, 5.41) is 35.1. The quantitative estimate of drug-likeness (QED) is 0.417. The van der Waals surface area contributed by atoms with Crippen molar-refractivity contribution in [1.29, 1.82) is 0 Å². The Labute approximate surface area is 184 Å². The molecule has 2 aromatic carbocycles. The molecule has 1 aromatic heterocycles. The Morgan fingerprint density at radius 3 is 1.91 bits per heavy atom. The van der Waals surface area contributed by atoms with E-state index in [0.29, 0.717) is 0 Å². The first-order chi connectivity index (χ1) is 15.0. The molecule has 0 bridgehead atoms. The van der Waals surface area contributed by atoms with E-state index in [1.165, 1.54) is 22.2 Å². The summed E-state index contributed by atoms with van der Waals surface area (Å²) in [5.74, 6) is -5.02. The number of hydrogen-bond acceptors (Lipinski definition) is 5. The van der Waals surface area contributed by atoms with E-state index in [0.717, 1.165) is 6.54 Å². The molecule has 0 aliphatic carbocycles. The van der Waals surface area contributed by atoms with Crippen molar-refractivity contribution < 1.29 is 34.8 Å². The smallest absolute Gasteiger partial charge is 0.336 e. The summed E-state index contributed by atoms with van der Waals surface area (Å²) in [6, 6.07) is 19.1. The molecule has 3 aromatic rings. The van der Waals surface area contributed by atoms with E-state index >= 15 is 0 Å². The molecule has 0 radical (unpaired) electrons. The Morgan fingerprint density at radius 1 is 0.875 bits per heavy atom. The second kappa shape index (κ2) is 10.6.